The molecule has 0 aliphatic carbocycles. The predicted octanol–water partition coefficient (Wildman–Crippen LogP) is 2.85. The van der Waals surface area contributed by atoms with Gasteiger partial charge in [-0.3, -0.25) is 4.79 Å². The van der Waals surface area contributed by atoms with Crippen molar-refractivity contribution in [1.29, 1.82) is 0 Å². The number of benzene rings is 1. The Kier molecular flexibility index (Phi) is 6.64. The maximum Gasteiger partial charge on any atom is 0.220 e. The molecule has 0 unspecified atom stereocenters. The molecule has 1 aromatic rings. The van der Waals surface area contributed by atoms with Crippen LogP contribution in [0.4, 0.5) is 0 Å². The molecule has 0 radical (unpaired) electrons. The quantitative estimate of drug-likeness (QED) is 0.579. The summed E-state index contributed by atoms with van der Waals surface area (Å²) in [5.41, 5.74) is 2.50. The highest BCUT2D eigenvalue weighted by molar-refractivity contribution is 5.76. The summed E-state index contributed by atoms with van der Waals surface area (Å²) in [4.78, 5) is 11.6. The number of terminal acetylenes is 1. The first-order valence-corrected chi connectivity index (χ1v) is 6.48. The van der Waals surface area contributed by atoms with Crippen molar-refractivity contribution < 1.29 is 4.79 Å². The fourth-order valence-corrected chi connectivity index (χ4v) is 1.81. The number of unbranched alkanes of at least 4 members (excludes halogenated alkanes) is 2. The minimum atomic E-state index is 0.124. The van der Waals surface area contributed by atoms with Crippen LogP contribution in [0.1, 0.15) is 36.8 Å². The minimum Gasteiger partial charge on any atom is -0.356 e. The number of hydrogen-bond acceptors (Lipinski definition) is 1. The third kappa shape index (κ3) is 5.54. The summed E-state index contributed by atoms with van der Waals surface area (Å²) in [6, 6.07) is 8.19. The van der Waals surface area contributed by atoms with Crippen LogP contribution in [0.2, 0.25) is 0 Å². The normalized spacial score (nSPS) is 9.78. The van der Waals surface area contributed by atoms with Crippen molar-refractivity contribution >= 4 is 5.91 Å². The number of carbonyl (C=O) groups is 1. The molecule has 96 valence electrons. The van der Waals surface area contributed by atoms with Crippen LogP contribution in [0, 0.1) is 19.3 Å². The van der Waals surface area contributed by atoms with Crippen molar-refractivity contribution in [2.45, 2.75) is 39.0 Å². The Morgan fingerprint density at radius 3 is 2.83 bits per heavy atom. The van der Waals surface area contributed by atoms with Crippen molar-refractivity contribution in [1.82, 2.24) is 5.32 Å². The summed E-state index contributed by atoms with van der Waals surface area (Å²) in [5, 5.41) is 2.92. The Labute approximate surface area is 110 Å². The highest BCUT2D eigenvalue weighted by atomic mass is 16.1. The Balaban J connectivity index is 2.18. The maximum absolute atomic E-state index is 11.6. The van der Waals surface area contributed by atoms with Crippen LogP contribution in [0.25, 0.3) is 0 Å². The van der Waals surface area contributed by atoms with E-state index in [0.717, 1.165) is 32.2 Å². The number of carbonyl (C=O) groups excluding carboxylic acids is 1. The molecular formula is C16H21NO. The van der Waals surface area contributed by atoms with Crippen LogP contribution in [-0.2, 0) is 11.2 Å². The molecule has 1 N–H and O–H groups in total. The van der Waals surface area contributed by atoms with Gasteiger partial charge in [0.1, 0.15) is 0 Å². The topological polar surface area (TPSA) is 29.1 Å². The van der Waals surface area contributed by atoms with Gasteiger partial charge in [0.05, 0.1) is 0 Å². The lowest BCUT2D eigenvalue weighted by Gasteiger charge is -2.06. The maximum atomic E-state index is 11.6. The summed E-state index contributed by atoms with van der Waals surface area (Å²) in [6.45, 7) is 2.81. The number of rotatable bonds is 7. The zero-order valence-electron chi connectivity index (χ0n) is 11.0. The second kappa shape index (κ2) is 8.36. The fraction of sp³-hybridized carbons (Fsp3) is 0.438. The molecule has 18 heavy (non-hydrogen) atoms. The Bertz CT molecular complexity index is 417. The number of hydrogen-bond donors (Lipinski definition) is 1. The van der Waals surface area contributed by atoms with Gasteiger partial charge in [0.2, 0.25) is 5.91 Å². The molecule has 0 heterocycles. The van der Waals surface area contributed by atoms with E-state index in [2.05, 4.69) is 30.3 Å². The van der Waals surface area contributed by atoms with Gasteiger partial charge in [-0.2, -0.15) is 0 Å². The third-order valence-electron chi connectivity index (χ3n) is 2.95. The molecule has 2 heteroatoms. The summed E-state index contributed by atoms with van der Waals surface area (Å²) < 4.78 is 0. The monoisotopic (exact) mass is 243 g/mol. The van der Waals surface area contributed by atoms with Crippen molar-refractivity contribution in [3.8, 4) is 12.3 Å². The molecule has 0 saturated carbocycles. The minimum absolute atomic E-state index is 0.124. The van der Waals surface area contributed by atoms with Crippen LogP contribution in [0.3, 0.4) is 0 Å². The summed E-state index contributed by atoms with van der Waals surface area (Å²) in [6.07, 6.45) is 9.25. The largest absolute Gasteiger partial charge is 0.356 e. The van der Waals surface area contributed by atoms with Gasteiger partial charge in [0.15, 0.2) is 0 Å². The average molecular weight is 243 g/mol. The van der Waals surface area contributed by atoms with Gasteiger partial charge in [-0.25, -0.2) is 0 Å². The van der Waals surface area contributed by atoms with Gasteiger partial charge in [-0.1, -0.05) is 24.3 Å². The van der Waals surface area contributed by atoms with E-state index >= 15 is 0 Å². The van der Waals surface area contributed by atoms with Crippen molar-refractivity contribution in [3.63, 3.8) is 0 Å². The Hall–Kier alpha value is -1.75. The number of amides is 1. The van der Waals surface area contributed by atoms with Gasteiger partial charge < -0.3 is 5.32 Å². The molecule has 0 fully saturated rings. The Morgan fingerprint density at radius 2 is 2.11 bits per heavy atom. The van der Waals surface area contributed by atoms with Crippen LogP contribution in [-0.4, -0.2) is 12.5 Å². The second-order valence-corrected chi connectivity index (χ2v) is 4.44. The first-order valence-electron chi connectivity index (χ1n) is 6.48. The molecule has 0 saturated heterocycles. The third-order valence-corrected chi connectivity index (χ3v) is 2.95. The van der Waals surface area contributed by atoms with Crippen LogP contribution >= 0.6 is 0 Å². The molecule has 1 amide bonds. The SMILES string of the molecule is C#CCCCCNC(=O)CCc1ccccc1C. The highest BCUT2D eigenvalue weighted by Gasteiger charge is 2.03. The van der Waals surface area contributed by atoms with E-state index < -0.39 is 0 Å². The van der Waals surface area contributed by atoms with Crippen LogP contribution < -0.4 is 5.32 Å². The van der Waals surface area contributed by atoms with Crippen molar-refractivity contribution in [3.05, 3.63) is 35.4 Å². The van der Waals surface area contributed by atoms with Gasteiger partial charge >= 0.3 is 0 Å². The van der Waals surface area contributed by atoms with E-state index in [0.29, 0.717) is 6.42 Å². The second-order valence-electron chi connectivity index (χ2n) is 4.44. The molecule has 0 aliphatic heterocycles. The van der Waals surface area contributed by atoms with Gasteiger partial charge in [0, 0.05) is 19.4 Å². The average Bonchev–Trinajstić information content (AvgIpc) is 2.37. The fourth-order valence-electron chi connectivity index (χ4n) is 1.81. The van der Waals surface area contributed by atoms with Crippen molar-refractivity contribution in [2.24, 2.45) is 0 Å². The lowest BCUT2D eigenvalue weighted by molar-refractivity contribution is -0.121. The first-order chi connectivity index (χ1) is 8.74. The summed E-state index contributed by atoms with van der Waals surface area (Å²) in [5.74, 6) is 2.72. The first kappa shape index (κ1) is 14.3. The predicted molar refractivity (Wildman–Crippen MR) is 75.2 cm³/mol. The van der Waals surface area contributed by atoms with Crippen LogP contribution in [0.15, 0.2) is 24.3 Å². The van der Waals surface area contributed by atoms with E-state index in [1.165, 1.54) is 11.1 Å². The van der Waals surface area contributed by atoms with Crippen molar-refractivity contribution in [2.75, 3.05) is 6.54 Å². The number of nitrogens with one attached hydrogen (secondary N) is 1. The van der Waals surface area contributed by atoms with E-state index in [1.807, 2.05) is 12.1 Å². The number of aryl methyl sites for hydroxylation is 2. The lowest BCUT2D eigenvalue weighted by atomic mass is 10.0. The molecule has 0 aromatic heterocycles. The van der Waals surface area contributed by atoms with E-state index in [9.17, 15) is 4.79 Å². The van der Waals surface area contributed by atoms with Crippen LogP contribution in [0.5, 0.6) is 0 Å². The lowest BCUT2D eigenvalue weighted by Crippen LogP contribution is -2.24. The van der Waals surface area contributed by atoms with Gasteiger partial charge in [0.25, 0.3) is 0 Å². The smallest absolute Gasteiger partial charge is 0.220 e. The highest BCUT2D eigenvalue weighted by Crippen LogP contribution is 2.09. The molecule has 1 aromatic carbocycles. The molecule has 0 bridgehead atoms. The summed E-state index contributed by atoms with van der Waals surface area (Å²) in [7, 11) is 0. The Morgan fingerprint density at radius 1 is 1.33 bits per heavy atom. The standard InChI is InChI=1S/C16H21NO/c1-3-4-5-8-13-17-16(18)12-11-15-10-7-6-9-14(15)2/h1,6-7,9-10H,4-5,8,11-13H2,2H3,(H,17,18). The van der Waals surface area contributed by atoms with Gasteiger partial charge in [-0.15, -0.1) is 12.3 Å². The van der Waals surface area contributed by atoms with E-state index in [1.54, 1.807) is 0 Å². The molecule has 1 rings (SSSR count). The van der Waals surface area contributed by atoms with Gasteiger partial charge in [-0.05, 0) is 37.3 Å². The molecule has 0 atom stereocenters. The zero-order chi connectivity index (χ0) is 13.2. The van der Waals surface area contributed by atoms with E-state index in [4.69, 9.17) is 6.42 Å². The molecular weight excluding hydrogens is 222 g/mol. The molecule has 2 nitrogen and oxygen atoms in total. The molecule has 0 aliphatic rings. The zero-order valence-corrected chi connectivity index (χ0v) is 11.0. The van der Waals surface area contributed by atoms with E-state index in [-0.39, 0.29) is 5.91 Å². The molecule has 0 spiro atoms. The summed E-state index contributed by atoms with van der Waals surface area (Å²) >= 11 is 0.